The molecule has 15 heavy (non-hydrogen) atoms. The molecule has 1 aromatic rings. The summed E-state index contributed by atoms with van der Waals surface area (Å²) in [5.74, 6) is -1.95. The highest BCUT2D eigenvalue weighted by Gasteiger charge is 2.18. The number of nitro groups is 1. The van der Waals surface area contributed by atoms with Crippen molar-refractivity contribution < 1.29 is 19.2 Å². The number of ether oxygens (including phenoxy) is 1. The fourth-order valence-corrected chi connectivity index (χ4v) is 0.971. The fraction of sp³-hybridized carbons (Fsp3) is 0.111. The van der Waals surface area contributed by atoms with Gasteiger partial charge in [0.15, 0.2) is 0 Å². The van der Waals surface area contributed by atoms with Gasteiger partial charge in [0.2, 0.25) is 0 Å². The third kappa shape index (κ3) is 2.37. The van der Waals surface area contributed by atoms with Gasteiger partial charge < -0.3 is 4.74 Å². The van der Waals surface area contributed by atoms with Crippen molar-refractivity contribution in [3.8, 4) is 0 Å². The van der Waals surface area contributed by atoms with E-state index in [0.29, 0.717) is 0 Å². The lowest BCUT2D eigenvalue weighted by Gasteiger charge is -1.98. The van der Waals surface area contributed by atoms with Gasteiger partial charge in [-0.2, -0.15) is 0 Å². The summed E-state index contributed by atoms with van der Waals surface area (Å²) in [7, 11) is 1.07. The number of benzene rings is 1. The Bertz CT molecular complexity index is 426. The van der Waals surface area contributed by atoms with Crippen LogP contribution in [0, 0.1) is 10.1 Å². The predicted molar refractivity (Wildman–Crippen MR) is 49.4 cm³/mol. The molecule has 0 N–H and O–H groups in total. The highest BCUT2D eigenvalue weighted by atomic mass is 16.6. The predicted octanol–water partition coefficient (Wildman–Crippen LogP) is 0.950. The summed E-state index contributed by atoms with van der Waals surface area (Å²) in [6.07, 6.45) is 0. The molecule has 0 saturated heterocycles. The Balaban J connectivity index is 3.05. The van der Waals surface area contributed by atoms with Gasteiger partial charge in [0.25, 0.3) is 11.5 Å². The summed E-state index contributed by atoms with van der Waals surface area (Å²) < 4.78 is 4.21. The number of non-ortho nitro benzene ring substituents is 1. The minimum atomic E-state index is -1.05. The molecule has 0 bridgehead atoms. The molecule has 0 aliphatic rings. The number of nitrogens with zero attached hydrogens (tertiary/aromatic N) is 1. The number of carbonyl (C=O) groups is 2. The third-order valence-electron chi connectivity index (χ3n) is 1.69. The lowest BCUT2D eigenvalue weighted by atomic mass is 10.1. The van der Waals surface area contributed by atoms with E-state index in [0.717, 1.165) is 13.2 Å². The second-order valence-corrected chi connectivity index (χ2v) is 2.63. The van der Waals surface area contributed by atoms with Gasteiger partial charge in [-0.25, -0.2) is 4.79 Å². The monoisotopic (exact) mass is 209 g/mol. The number of Topliss-reactive ketones (excluding diaryl/α,β-unsaturated/α-hetero) is 1. The highest BCUT2D eigenvalue weighted by Crippen LogP contribution is 2.13. The van der Waals surface area contributed by atoms with Crippen LogP contribution in [-0.2, 0) is 9.53 Å². The van der Waals surface area contributed by atoms with Crippen molar-refractivity contribution in [2.24, 2.45) is 0 Å². The Labute approximate surface area is 84.6 Å². The highest BCUT2D eigenvalue weighted by molar-refractivity contribution is 6.40. The number of hydrogen-bond acceptors (Lipinski definition) is 5. The Morgan fingerprint density at radius 1 is 1.40 bits per heavy atom. The van der Waals surface area contributed by atoms with Crippen LogP contribution in [0.15, 0.2) is 24.3 Å². The first-order valence-corrected chi connectivity index (χ1v) is 3.93. The molecule has 0 spiro atoms. The van der Waals surface area contributed by atoms with E-state index >= 15 is 0 Å². The van der Waals surface area contributed by atoms with E-state index in [1.165, 1.54) is 18.2 Å². The van der Waals surface area contributed by atoms with Crippen LogP contribution in [0.3, 0.4) is 0 Å². The van der Waals surface area contributed by atoms with Gasteiger partial charge in [0.05, 0.1) is 12.0 Å². The van der Waals surface area contributed by atoms with Crippen LogP contribution in [0.4, 0.5) is 5.69 Å². The van der Waals surface area contributed by atoms with Gasteiger partial charge in [-0.05, 0) is 0 Å². The van der Waals surface area contributed by atoms with Gasteiger partial charge in [0, 0.05) is 17.7 Å². The second-order valence-electron chi connectivity index (χ2n) is 2.63. The first-order valence-electron chi connectivity index (χ1n) is 3.93. The number of carbonyl (C=O) groups excluding carboxylic acids is 2. The van der Waals surface area contributed by atoms with Crippen molar-refractivity contribution >= 4 is 17.4 Å². The minimum absolute atomic E-state index is 0.0592. The fourth-order valence-electron chi connectivity index (χ4n) is 0.971. The van der Waals surface area contributed by atoms with Crippen LogP contribution in [0.25, 0.3) is 0 Å². The van der Waals surface area contributed by atoms with Gasteiger partial charge >= 0.3 is 5.97 Å². The van der Waals surface area contributed by atoms with Crippen molar-refractivity contribution in [1.29, 1.82) is 0 Å². The summed E-state index contributed by atoms with van der Waals surface area (Å²) >= 11 is 0. The van der Waals surface area contributed by atoms with Gasteiger partial charge in [-0.1, -0.05) is 12.1 Å². The van der Waals surface area contributed by atoms with Crippen LogP contribution in [0.5, 0.6) is 0 Å². The molecule has 0 aliphatic heterocycles. The third-order valence-corrected chi connectivity index (χ3v) is 1.69. The number of esters is 1. The molecule has 0 unspecified atom stereocenters. The first-order chi connectivity index (χ1) is 7.06. The number of ketones is 1. The number of methoxy groups -OCH3 is 1. The van der Waals surface area contributed by atoms with Gasteiger partial charge in [-0.15, -0.1) is 0 Å². The van der Waals surface area contributed by atoms with Crippen molar-refractivity contribution in [3.05, 3.63) is 39.9 Å². The minimum Gasteiger partial charge on any atom is -0.463 e. The SMILES string of the molecule is COC(=O)C(=O)c1cccc([N+](=O)[O-])c1. The Morgan fingerprint density at radius 2 is 2.07 bits per heavy atom. The van der Waals surface area contributed by atoms with E-state index < -0.39 is 16.7 Å². The van der Waals surface area contributed by atoms with E-state index in [4.69, 9.17) is 0 Å². The first kappa shape index (κ1) is 10.8. The average molecular weight is 209 g/mol. The summed E-state index contributed by atoms with van der Waals surface area (Å²) in [4.78, 5) is 31.9. The molecule has 6 nitrogen and oxygen atoms in total. The Morgan fingerprint density at radius 3 is 2.60 bits per heavy atom. The molecule has 1 aromatic carbocycles. The second kappa shape index (κ2) is 4.32. The number of hydrogen-bond donors (Lipinski definition) is 0. The van der Waals surface area contributed by atoms with Crippen LogP contribution in [0.2, 0.25) is 0 Å². The molecule has 0 amide bonds. The van der Waals surface area contributed by atoms with Crippen molar-refractivity contribution in [2.45, 2.75) is 0 Å². The number of nitro benzene ring substituents is 1. The van der Waals surface area contributed by atoms with E-state index in [1.54, 1.807) is 0 Å². The molecule has 0 radical (unpaired) electrons. The lowest BCUT2D eigenvalue weighted by Crippen LogP contribution is -2.15. The Kier molecular flexibility index (Phi) is 3.12. The molecular weight excluding hydrogens is 202 g/mol. The molecule has 0 heterocycles. The largest absolute Gasteiger partial charge is 0.463 e. The zero-order valence-corrected chi connectivity index (χ0v) is 7.80. The quantitative estimate of drug-likeness (QED) is 0.243. The van der Waals surface area contributed by atoms with Crippen molar-refractivity contribution in [2.75, 3.05) is 7.11 Å². The molecule has 0 atom stereocenters. The molecule has 0 aliphatic carbocycles. The average Bonchev–Trinajstić information content (AvgIpc) is 2.27. The molecule has 6 heteroatoms. The van der Waals surface area contributed by atoms with Crippen LogP contribution in [-0.4, -0.2) is 23.8 Å². The van der Waals surface area contributed by atoms with Crippen LogP contribution in [0.1, 0.15) is 10.4 Å². The van der Waals surface area contributed by atoms with Crippen molar-refractivity contribution in [1.82, 2.24) is 0 Å². The summed E-state index contributed by atoms with van der Waals surface area (Å²) in [5.41, 5.74) is -0.305. The van der Waals surface area contributed by atoms with E-state index in [2.05, 4.69) is 4.74 Å². The molecule has 78 valence electrons. The molecule has 0 saturated carbocycles. The normalized spacial score (nSPS) is 9.40. The topological polar surface area (TPSA) is 86.5 Å². The zero-order valence-electron chi connectivity index (χ0n) is 7.80. The summed E-state index contributed by atoms with van der Waals surface area (Å²) in [6, 6.07) is 4.90. The molecular formula is C9H7NO5. The number of rotatable bonds is 3. The zero-order chi connectivity index (χ0) is 11.4. The molecule has 1 rings (SSSR count). The van der Waals surface area contributed by atoms with Crippen LogP contribution < -0.4 is 0 Å². The van der Waals surface area contributed by atoms with Crippen molar-refractivity contribution in [3.63, 3.8) is 0 Å². The maximum atomic E-state index is 11.3. The lowest BCUT2D eigenvalue weighted by molar-refractivity contribution is -0.384. The van der Waals surface area contributed by atoms with E-state index in [1.807, 2.05) is 0 Å². The summed E-state index contributed by atoms with van der Waals surface area (Å²) in [6.45, 7) is 0. The Hall–Kier alpha value is -2.24. The van der Waals surface area contributed by atoms with Gasteiger partial charge in [0.1, 0.15) is 0 Å². The molecule has 0 aromatic heterocycles. The van der Waals surface area contributed by atoms with E-state index in [9.17, 15) is 19.7 Å². The smallest absolute Gasteiger partial charge is 0.379 e. The maximum Gasteiger partial charge on any atom is 0.379 e. The van der Waals surface area contributed by atoms with Gasteiger partial charge in [-0.3, -0.25) is 14.9 Å². The maximum absolute atomic E-state index is 11.3. The molecule has 0 fully saturated rings. The van der Waals surface area contributed by atoms with E-state index in [-0.39, 0.29) is 11.3 Å². The summed E-state index contributed by atoms with van der Waals surface area (Å²) in [5, 5.41) is 10.4. The standard InChI is InChI=1S/C9H7NO5/c1-15-9(12)8(11)6-3-2-4-7(5-6)10(13)14/h2-5H,1H3. The van der Waals surface area contributed by atoms with Crippen LogP contribution >= 0.6 is 0 Å².